The smallest absolute Gasteiger partial charge is 0.193 e. The summed E-state index contributed by atoms with van der Waals surface area (Å²) in [5, 5.41) is 3.13. The minimum atomic E-state index is 0. The first-order chi connectivity index (χ1) is 10.5. The van der Waals surface area contributed by atoms with Crippen molar-refractivity contribution in [3.05, 3.63) is 59.2 Å². The van der Waals surface area contributed by atoms with E-state index in [-0.39, 0.29) is 24.0 Å². The van der Waals surface area contributed by atoms with Crippen LogP contribution in [0.15, 0.2) is 47.5 Å². The molecule has 2 rings (SSSR count). The Bertz CT molecular complexity index is 680. The molecule has 0 atom stereocenters. The van der Waals surface area contributed by atoms with Crippen LogP contribution in [0.25, 0.3) is 0 Å². The molecule has 0 aromatic heterocycles. The van der Waals surface area contributed by atoms with Crippen LogP contribution in [-0.2, 0) is 6.54 Å². The molecule has 0 radical (unpaired) electrons. The van der Waals surface area contributed by atoms with Gasteiger partial charge in [-0.15, -0.1) is 24.0 Å². The van der Waals surface area contributed by atoms with Crippen molar-refractivity contribution < 1.29 is 0 Å². The Kier molecular flexibility index (Phi) is 7.35. The third kappa shape index (κ3) is 5.74. The molecule has 0 aliphatic carbocycles. The third-order valence-corrected chi connectivity index (χ3v) is 3.43. The number of aryl methyl sites for hydroxylation is 2. The van der Waals surface area contributed by atoms with E-state index in [4.69, 9.17) is 5.73 Å². The predicted octanol–water partition coefficient (Wildman–Crippen LogP) is 3.91. The number of rotatable bonds is 4. The van der Waals surface area contributed by atoms with E-state index in [0.29, 0.717) is 12.5 Å². The first-order valence-electron chi connectivity index (χ1n) is 7.36. The molecule has 23 heavy (non-hydrogen) atoms. The van der Waals surface area contributed by atoms with Gasteiger partial charge >= 0.3 is 0 Å². The van der Waals surface area contributed by atoms with Gasteiger partial charge in [-0.25, -0.2) is 4.99 Å². The Morgan fingerprint density at radius 1 is 1.09 bits per heavy atom. The second-order valence-electron chi connectivity index (χ2n) is 5.72. The summed E-state index contributed by atoms with van der Waals surface area (Å²) in [5.74, 6) is 0.427. The van der Waals surface area contributed by atoms with Gasteiger partial charge in [0.25, 0.3) is 0 Å². The summed E-state index contributed by atoms with van der Waals surface area (Å²) in [6.07, 6.45) is 0. The lowest BCUT2D eigenvalue weighted by Crippen LogP contribution is -2.22. The van der Waals surface area contributed by atoms with Crippen LogP contribution in [-0.4, -0.2) is 20.1 Å². The lowest BCUT2D eigenvalue weighted by molar-refractivity contribution is 1.02. The van der Waals surface area contributed by atoms with Crippen LogP contribution in [0.5, 0.6) is 0 Å². The highest BCUT2D eigenvalue weighted by Gasteiger charge is 2.04. The molecular formula is C18H25IN4. The van der Waals surface area contributed by atoms with E-state index >= 15 is 0 Å². The Hall–Kier alpha value is -1.76. The first kappa shape index (κ1) is 19.3. The molecule has 0 fully saturated rings. The molecule has 0 saturated heterocycles. The molecule has 0 heterocycles. The summed E-state index contributed by atoms with van der Waals surface area (Å²) in [5.41, 5.74) is 11.7. The quantitative estimate of drug-likeness (QED) is 0.445. The van der Waals surface area contributed by atoms with Crippen molar-refractivity contribution in [1.82, 2.24) is 0 Å². The zero-order valence-corrected chi connectivity index (χ0v) is 16.5. The molecule has 3 N–H and O–H groups in total. The Balaban J connectivity index is 0.00000264. The van der Waals surface area contributed by atoms with Gasteiger partial charge in [-0.1, -0.05) is 24.3 Å². The number of hydrogen-bond acceptors (Lipinski definition) is 2. The first-order valence-corrected chi connectivity index (χ1v) is 7.36. The summed E-state index contributed by atoms with van der Waals surface area (Å²) in [7, 11) is 4.08. The molecule has 0 aliphatic heterocycles. The summed E-state index contributed by atoms with van der Waals surface area (Å²) in [6, 6.07) is 14.4. The van der Waals surface area contributed by atoms with Crippen LogP contribution in [0.1, 0.15) is 16.7 Å². The van der Waals surface area contributed by atoms with Crippen molar-refractivity contribution >= 4 is 41.3 Å². The molecule has 5 heteroatoms. The standard InChI is InChI=1S/C18H24N4.HI/c1-13-6-5-7-16(10-13)21-18(19)20-12-15-9-8-14(2)11-17(15)22(3)4;/h5-11H,12H2,1-4H3,(H3,19,20,21);1H. The Morgan fingerprint density at radius 2 is 1.78 bits per heavy atom. The molecule has 2 aromatic rings. The zero-order chi connectivity index (χ0) is 16.1. The molecule has 0 bridgehead atoms. The number of hydrogen-bond donors (Lipinski definition) is 2. The van der Waals surface area contributed by atoms with Crippen LogP contribution in [0.3, 0.4) is 0 Å². The van der Waals surface area contributed by atoms with Gasteiger partial charge in [-0.2, -0.15) is 0 Å². The van der Waals surface area contributed by atoms with Gasteiger partial charge in [0.2, 0.25) is 0 Å². The highest BCUT2D eigenvalue weighted by Crippen LogP contribution is 2.21. The van der Waals surface area contributed by atoms with Crippen LogP contribution in [0.4, 0.5) is 11.4 Å². The van der Waals surface area contributed by atoms with Crippen molar-refractivity contribution in [1.29, 1.82) is 0 Å². The van der Waals surface area contributed by atoms with Crippen LogP contribution in [0, 0.1) is 13.8 Å². The predicted molar refractivity (Wildman–Crippen MR) is 111 cm³/mol. The van der Waals surface area contributed by atoms with E-state index < -0.39 is 0 Å². The number of aliphatic imine (C=N–C) groups is 1. The van der Waals surface area contributed by atoms with Gasteiger partial charge < -0.3 is 16.0 Å². The van der Waals surface area contributed by atoms with Crippen molar-refractivity contribution in [3.63, 3.8) is 0 Å². The highest BCUT2D eigenvalue weighted by molar-refractivity contribution is 14.0. The van der Waals surface area contributed by atoms with E-state index in [1.807, 2.05) is 45.3 Å². The minimum Gasteiger partial charge on any atom is -0.377 e. The maximum atomic E-state index is 5.98. The molecule has 0 saturated carbocycles. The molecule has 2 aromatic carbocycles. The fraction of sp³-hybridized carbons (Fsp3) is 0.278. The van der Waals surface area contributed by atoms with Crippen molar-refractivity contribution in [3.8, 4) is 0 Å². The van der Waals surface area contributed by atoms with Crippen molar-refractivity contribution in [2.45, 2.75) is 20.4 Å². The second kappa shape index (κ2) is 8.76. The summed E-state index contributed by atoms with van der Waals surface area (Å²) in [6.45, 7) is 4.69. The van der Waals surface area contributed by atoms with E-state index in [9.17, 15) is 0 Å². The summed E-state index contributed by atoms with van der Waals surface area (Å²) >= 11 is 0. The van der Waals surface area contributed by atoms with Crippen LogP contribution in [0.2, 0.25) is 0 Å². The number of nitrogens with zero attached hydrogens (tertiary/aromatic N) is 2. The van der Waals surface area contributed by atoms with Gasteiger partial charge in [0.1, 0.15) is 0 Å². The second-order valence-corrected chi connectivity index (χ2v) is 5.72. The van der Waals surface area contributed by atoms with E-state index in [2.05, 4.69) is 40.3 Å². The van der Waals surface area contributed by atoms with E-state index in [1.165, 1.54) is 16.8 Å². The Labute approximate surface area is 155 Å². The molecule has 124 valence electrons. The fourth-order valence-corrected chi connectivity index (χ4v) is 2.30. The van der Waals surface area contributed by atoms with E-state index in [1.54, 1.807) is 0 Å². The largest absolute Gasteiger partial charge is 0.377 e. The fourth-order valence-electron chi connectivity index (χ4n) is 2.30. The third-order valence-electron chi connectivity index (χ3n) is 3.43. The van der Waals surface area contributed by atoms with Gasteiger partial charge in [0.15, 0.2) is 5.96 Å². The average molecular weight is 424 g/mol. The maximum Gasteiger partial charge on any atom is 0.193 e. The topological polar surface area (TPSA) is 53.6 Å². The number of nitrogens with two attached hydrogens (primary N) is 1. The molecule has 4 nitrogen and oxygen atoms in total. The molecular weight excluding hydrogens is 399 g/mol. The summed E-state index contributed by atoms with van der Waals surface area (Å²) in [4.78, 5) is 6.55. The molecule has 0 amide bonds. The average Bonchev–Trinajstić information content (AvgIpc) is 2.45. The lowest BCUT2D eigenvalue weighted by atomic mass is 10.1. The highest BCUT2D eigenvalue weighted by atomic mass is 127. The van der Waals surface area contributed by atoms with Gasteiger partial charge in [-0.05, 0) is 48.7 Å². The lowest BCUT2D eigenvalue weighted by Gasteiger charge is -2.17. The molecule has 0 spiro atoms. The zero-order valence-electron chi connectivity index (χ0n) is 14.1. The molecule has 0 unspecified atom stereocenters. The number of anilines is 2. The summed E-state index contributed by atoms with van der Waals surface area (Å²) < 4.78 is 0. The molecule has 0 aliphatic rings. The van der Waals surface area contributed by atoms with Gasteiger partial charge in [-0.3, -0.25) is 0 Å². The van der Waals surface area contributed by atoms with Gasteiger partial charge in [0.05, 0.1) is 6.54 Å². The van der Waals surface area contributed by atoms with Crippen molar-refractivity contribution in [2.24, 2.45) is 10.7 Å². The minimum absolute atomic E-state index is 0. The van der Waals surface area contributed by atoms with Crippen LogP contribution < -0.4 is 16.0 Å². The normalized spacial score (nSPS) is 10.9. The number of guanidine groups is 1. The van der Waals surface area contributed by atoms with E-state index in [0.717, 1.165) is 11.3 Å². The monoisotopic (exact) mass is 424 g/mol. The number of benzene rings is 2. The number of nitrogens with one attached hydrogen (secondary N) is 1. The van der Waals surface area contributed by atoms with Gasteiger partial charge in [0, 0.05) is 25.5 Å². The SMILES string of the molecule is Cc1cccc(NC(N)=NCc2ccc(C)cc2N(C)C)c1.I. The Morgan fingerprint density at radius 3 is 2.43 bits per heavy atom. The van der Waals surface area contributed by atoms with Crippen molar-refractivity contribution in [2.75, 3.05) is 24.3 Å². The maximum absolute atomic E-state index is 5.98. The van der Waals surface area contributed by atoms with Crippen LogP contribution >= 0.6 is 24.0 Å². The number of halogens is 1.